The van der Waals surface area contributed by atoms with Crippen molar-refractivity contribution >= 4 is 40.4 Å². The zero-order valence-electron chi connectivity index (χ0n) is 17.1. The topological polar surface area (TPSA) is 86.8 Å². The first-order valence-corrected chi connectivity index (χ1v) is 10.4. The number of hydrogen-bond donors (Lipinski definition) is 1. The molecular formula is C22H23N3O4S. The van der Waals surface area contributed by atoms with Gasteiger partial charge < -0.3 is 10.2 Å². The van der Waals surface area contributed by atoms with Gasteiger partial charge in [0.25, 0.3) is 23.0 Å². The summed E-state index contributed by atoms with van der Waals surface area (Å²) in [6, 6.07) is 11.5. The molecule has 0 bridgehead atoms. The molecule has 30 heavy (non-hydrogen) atoms. The average molecular weight is 426 g/mol. The normalized spacial score (nSPS) is 12.7. The fourth-order valence-corrected chi connectivity index (χ4v) is 3.74. The number of hydrogen-bond acceptors (Lipinski definition) is 5. The standard InChI is InChI=1S/C22H23N3O4S/c1-4-5-12-25-20(27)15-11-10-14(13-16(15)21(25)28)19(26)23-17-8-6-7-9-18(17)30-22(29)24(2)3/h6-11,13H,4-5,12H2,1-3H3,(H,23,26). The number of benzene rings is 2. The summed E-state index contributed by atoms with van der Waals surface area (Å²) in [7, 11) is 3.31. The van der Waals surface area contributed by atoms with Gasteiger partial charge >= 0.3 is 0 Å². The lowest BCUT2D eigenvalue weighted by atomic mass is 10.1. The van der Waals surface area contributed by atoms with E-state index in [-0.39, 0.29) is 28.2 Å². The molecule has 1 N–H and O–H groups in total. The number of fused-ring (bicyclic) bond motifs is 1. The first kappa shape index (κ1) is 21.6. The van der Waals surface area contributed by atoms with Crippen molar-refractivity contribution in [1.82, 2.24) is 9.80 Å². The molecule has 0 radical (unpaired) electrons. The third-order valence-corrected chi connectivity index (χ3v) is 5.78. The number of anilines is 1. The Kier molecular flexibility index (Phi) is 6.56. The summed E-state index contributed by atoms with van der Waals surface area (Å²) in [5.74, 6) is -1.11. The molecule has 1 aliphatic heterocycles. The van der Waals surface area contributed by atoms with Crippen LogP contribution >= 0.6 is 11.8 Å². The largest absolute Gasteiger partial charge is 0.339 e. The van der Waals surface area contributed by atoms with E-state index in [2.05, 4.69) is 5.32 Å². The molecular weight excluding hydrogens is 402 g/mol. The first-order valence-electron chi connectivity index (χ1n) is 9.63. The van der Waals surface area contributed by atoms with Crippen LogP contribution in [0.5, 0.6) is 0 Å². The molecule has 2 aromatic rings. The van der Waals surface area contributed by atoms with E-state index < -0.39 is 5.91 Å². The van der Waals surface area contributed by atoms with Gasteiger partial charge in [0.15, 0.2) is 0 Å². The Morgan fingerprint density at radius 3 is 2.43 bits per heavy atom. The first-order chi connectivity index (χ1) is 14.3. The Hall–Kier alpha value is -3.13. The Balaban J connectivity index is 1.81. The molecule has 0 aromatic heterocycles. The number of nitrogens with zero attached hydrogens (tertiary/aromatic N) is 2. The van der Waals surface area contributed by atoms with Crippen molar-refractivity contribution < 1.29 is 19.2 Å². The molecule has 0 fully saturated rings. The number of carbonyl (C=O) groups excluding carboxylic acids is 4. The average Bonchev–Trinajstić information content (AvgIpc) is 2.97. The molecule has 0 spiro atoms. The van der Waals surface area contributed by atoms with Crippen LogP contribution in [0.4, 0.5) is 10.5 Å². The molecule has 0 saturated carbocycles. The summed E-state index contributed by atoms with van der Waals surface area (Å²) in [4.78, 5) is 53.2. The summed E-state index contributed by atoms with van der Waals surface area (Å²) in [6.45, 7) is 2.36. The number of nitrogens with one attached hydrogen (secondary N) is 1. The minimum atomic E-state index is -0.421. The molecule has 156 valence electrons. The van der Waals surface area contributed by atoms with Crippen LogP contribution in [-0.4, -0.2) is 53.4 Å². The number of rotatable bonds is 6. The van der Waals surface area contributed by atoms with Crippen molar-refractivity contribution in [3.8, 4) is 0 Å². The van der Waals surface area contributed by atoms with Crippen LogP contribution < -0.4 is 5.32 Å². The van der Waals surface area contributed by atoms with Gasteiger partial charge in [0.05, 0.1) is 16.8 Å². The van der Waals surface area contributed by atoms with Crippen LogP contribution in [0.25, 0.3) is 0 Å². The maximum absolute atomic E-state index is 12.8. The number of para-hydroxylation sites is 1. The van der Waals surface area contributed by atoms with E-state index in [0.717, 1.165) is 24.6 Å². The highest BCUT2D eigenvalue weighted by Gasteiger charge is 2.35. The van der Waals surface area contributed by atoms with Gasteiger partial charge in [-0.25, -0.2) is 0 Å². The number of amides is 4. The molecule has 1 aliphatic rings. The zero-order valence-corrected chi connectivity index (χ0v) is 17.9. The summed E-state index contributed by atoms with van der Waals surface area (Å²) in [5.41, 5.74) is 1.33. The third-order valence-electron chi connectivity index (χ3n) is 4.67. The molecule has 0 atom stereocenters. The Labute approximate surface area is 179 Å². The van der Waals surface area contributed by atoms with Crippen molar-refractivity contribution in [2.45, 2.75) is 24.7 Å². The summed E-state index contributed by atoms with van der Waals surface area (Å²) in [6.07, 6.45) is 1.60. The molecule has 2 aromatic carbocycles. The van der Waals surface area contributed by atoms with E-state index in [4.69, 9.17) is 0 Å². The SMILES string of the molecule is CCCCN1C(=O)c2ccc(C(=O)Nc3ccccc3SC(=O)N(C)C)cc2C1=O. The minimum absolute atomic E-state index is 0.162. The summed E-state index contributed by atoms with van der Waals surface area (Å²) >= 11 is 1.01. The monoisotopic (exact) mass is 425 g/mol. The van der Waals surface area contributed by atoms with Crippen LogP contribution in [0.2, 0.25) is 0 Å². The fraction of sp³-hybridized carbons (Fsp3) is 0.273. The highest BCUT2D eigenvalue weighted by atomic mass is 32.2. The lowest BCUT2D eigenvalue weighted by Gasteiger charge is -2.13. The number of thioether (sulfide) groups is 1. The minimum Gasteiger partial charge on any atom is -0.339 e. The van der Waals surface area contributed by atoms with E-state index in [1.54, 1.807) is 38.4 Å². The summed E-state index contributed by atoms with van der Waals surface area (Å²) < 4.78 is 0. The van der Waals surface area contributed by atoms with Crippen LogP contribution in [-0.2, 0) is 0 Å². The van der Waals surface area contributed by atoms with Gasteiger partial charge in [0.2, 0.25) is 0 Å². The predicted molar refractivity (Wildman–Crippen MR) is 116 cm³/mol. The molecule has 7 nitrogen and oxygen atoms in total. The number of imide groups is 1. The van der Waals surface area contributed by atoms with Crippen LogP contribution in [0.15, 0.2) is 47.4 Å². The lowest BCUT2D eigenvalue weighted by Crippen LogP contribution is -2.30. The second kappa shape index (κ2) is 9.13. The second-order valence-corrected chi connectivity index (χ2v) is 8.08. The fourth-order valence-electron chi connectivity index (χ4n) is 2.99. The van der Waals surface area contributed by atoms with Crippen molar-refractivity contribution in [3.05, 3.63) is 59.2 Å². The Morgan fingerprint density at radius 2 is 1.73 bits per heavy atom. The predicted octanol–water partition coefficient (Wildman–Crippen LogP) is 4.11. The lowest BCUT2D eigenvalue weighted by molar-refractivity contribution is 0.0652. The Morgan fingerprint density at radius 1 is 1.03 bits per heavy atom. The maximum atomic E-state index is 12.8. The van der Waals surface area contributed by atoms with Crippen LogP contribution in [0, 0.1) is 0 Å². The second-order valence-electron chi connectivity index (χ2n) is 7.09. The molecule has 1 heterocycles. The van der Waals surface area contributed by atoms with E-state index in [1.165, 1.54) is 28.0 Å². The van der Waals surface area contributed by atoms with Gasteiger partial charge in [-0.15, -0.1) is 0 Å². The quantitative estimate of drug-likeness (QED) is 0.556. The van der Waals surface area contributed by atoms with Crippen molar-refractivity contribution in [3.63, 3.8) is 0 Å². The molecule has 4 amide bonds. The van der Waals surface area contributed by atoms with Gasteiger partial charge in [-0.3, -0.25) is 24.1 Å². The van der Waals surface area contributed by atoms with Crippen molar-refractivity contribution in [2.75, 3.05) is 26.0 Å². The van der Waals surface area contributed by atoms with Crippen LogP contribution in [0.3, 0.4) is 0 Å². The summed E-state index contributed by atoms with van der Waals surface area (Å²) in [5, 5.41) is 2.63. The van der Waals surface area contributed by atoms with E-state index in [1.807, 2.05) is 6.92 Å². The van der Waals surface area contributed by atoms with Crippen molar-refractivity contribution in [2.24, 2.45) is 0 Å². The molecule has 0 aliphatic carbocycles. The van der Waals surface area contributed by atoms with Gasteiger partial charge in [0, 0.05) is 31.1 Å². The van der Waals surface area contributed by atoms with Crippen molar-refractivity contribution in [1.29, 1.82) is 0 Å². The molecule has 0 unspecified atom stereocenters. The molecule has 3 rings (SSSR count). The van der Waals surface area contributed by atoms with E-state index in [9.17, 15) is 19.2 Å². The highest BCUT2D eigenvalue weighted by molar-refractivity contribution is 8.13. The van der Waals surface area contributed by atoms with Gasteiger partial charge in [-0.2, -0.15) is 0 Å². The van der Waals surface area contributed by atoms with Gasteiger partial charge in [0.1, 0.15) is 0 Å². The molecule has 0 saturated heterocycles. The van der Waals surface area contributed by atoms with E-state index >= 15 is 0 Å². The van der Waals surface area contributed by atoms with Crippen LogP contribution in [0.1, 0.15) is 50.8 Å². The number of unbranched alkanes of at least 4 members (excludes halogenated alkanes) is 1. The van der Waals surface area contributed by atoms with E-state index in [0.29, 0.717) is 22.7 Å². The highest BCUT2D eigenvalue weighted by Crippen LogP contribution is 2.30. The van der Waals surface area contributed by atoms with Gasteiger partial charge in [-0.1, -0.05) is 25.5 Å². The van der Waals surface area contributed by atoms with Gasteiger partial charge in [-0.05, 0) is 48.5 Å². The maximum Gasteiger partial charge on any atom is 0.286 e. The molecule has 8 heteroatoms. The zero-order chi connectivity index (χ0) is 21.8. The Bertz CT molecular complexity index is 1020. The third kappa shape index (κ3) is 4.38. The number of carbonyl (C=O) groups is 4. The smallest absolute Gasteiger partial charge is 0.286 e.